The Morgan fingerprint density at radius 2 is 0.950 bits per heavy atom. The number of nitrogens with one attached hydrogen (secondary N) is 2. The number of hydrogen-bond acceptors (Lipinski definition) is 13. The third-order valence-electron chi connectivity index (χ3n) is 6.33. The third-order valence-corrected chi connectivity index (χ3v) is 10.6. The van der Waals surface area contributed by atoms with Crippen LogP contribution in [-0.4, -0.2) is 128 Å². The molecule has 0 saturated heterocycles. The number of alkyl carbamates (subject to hydrolysis) is 2. The first-order valence-electron chi connectivity index (χ1n) is 12.2. The second kappa shape index (κ2) is 16.4. The van der Waals surface area contributed by atoms with Crippen LogP contribution in [0.5, 0.6) is 0 Å². The first-order valence-corrected chi connectivity index (χ1v) is 14.3. The van der Waals surface area contributed by atoms with E-state index >= 15 is 0 Å². The summed E-state index contributed by atoms with van der Waals surface area (Å²) in [5, 5.41) is 71.0. The van der Waals surface area contributed by atoms with Gasteiger partial charge in [0.05, 0.1) is 53.4 Å². The van der Waals surface area contributed by atoms with Crippen LogP contribution in [0.2, 0.25) is 0 Å². The zero-order valence-electron chi connectivity index (χ0n) is 23.2. The molecule has 0 saturated carbocycles. The van der Waals surface area contributed by atoms with Gasteiger partial charge in [-0.1, -0.05) is 28.5 Å². The van der Waals surface area contributed by atoms with E-state index in [4.69, 9.17) is 9.47 Å². The van der Waals surface area contributed by atoms with Crippen molar-refractivity contribution in [2.75, 3.05) is 46.2 Å². The van der Waals surface area contributed by atoms with Gasteiger partial charge in [-0.15, -0.1) is 0 Å². The smallest absolute Gasteiger partial charge is 0.407 e. The van der Waals surface area contributed by atoms with Crippen LogP contribution in [0.3, 0.4) is 0 Å². The number of carbonyl (C=O) groups excluding carboxylic acids is 2. The lowest BCUT2D eigenvalue weighted by Crippen LogP contribution is -2.54. The van der Waals surface area contributed by atoms with Gasteiger partial charge >= 0.3 is 24.1 Å². The first-order chi connectivity index (χ1) is 18.4. The standard InChI is InChI=1S/C23H42N2O13S2/c1-6-22(7-26,8-27)12-37-18(35)24-14(16(31)32)20(2,3)39-40-21(4,5)15(17(33)34)25-19(36)38-13-23(9-28,10-29)11-30/h14-15,26-30H,6-13H2,1-5H3,(H,24,35)(H,25,36)(H,31,32)(H,33,34). The summed E-state index contributed by atoms with van der Waals surface area (Å²) < 4.78 is 7.43. The average molecular weight is 619 g/mol. The maximum atomic E-state index is 12.4. The Balaban J connectivity index is 5.45. The molecule has 0 aromatic carbocycles. The van der Waals surface area contributed by atoms with Crippen LogP contribution in [0.25, 0.3) is 0 Å². The number of carbonyl (C=O) groups is 4. The normalized spacial score (nSPS) is 14.2. The number of hydrogen-bond donors (Lipinski definition) is 9. The monoisotopic (exact) mass is 618 g/mol. The molecule has 0 aliphatic carbocycles. The number of ether oxygens (including phenoxy) is 2. The molecule has 2 amide bonds. The van der Waals surface area contributed by atoms with Crippen molar-refractivity contribution in [3.8, 4) is 0 Å². The number of carboxylic acid groups (broad SMARTS) is 2. The second-order valence-corrected chi connectivity index (χ2v) is 13.9. The van der Waals surface area contributed by atoms with Crippen LogP contribution in [-0.2, 0) is 19.1 Å². The molecule has 40 heavy (non-hydrogen) atoms. The van der Waals surface area contributed by atoms with Crippen molar-refractivity contribution in [1.82, 2.24) is 10.6 Å². The van der Waals surface area contributed by atoms with Gasteiger partial charge in [0, 0.05) is 0 Å². The fourth-order valence-electron chi connectivity index (χ4n) is 2.89. The fraction of sp³-hybridized carbons (Fsp3) is 0.826. The second-order valence-electron chi connectivity index (χ2n) is 10.5. The molecule has 2 atom stereocenters. The van der Waals surface area contributed by atoms with Gasteiger partial charge in [-0.05, 0) is 34.1 Å². The summed E-state index contributed by atoms with van der Waals surface area (Å²) >= 11 is 0. The predicted molar refractivity (Wildman–Crippen MR) is 146 cm³/mol. The van der Waals surface area contributed by atoms with E-state index in [0.717, 1.165) is 21.6 Å². The zero-order chi connectivity index (χ0) is 31.4. The van der Waals surface area contributed by atoms with Crippen LogP contribution >= 0.6 is 21.6 Å². The third kappa shape index (κ3) is 11.1. The Morgan fingerprint density at radius 3 is 1.20 bits per heavy atom. The van der Waals surface area contributed by atoms with Gasteiger partial charge in [0.2, 0.25) is 0 Å². The van der Waals surface area contributed by atoms with E-state index in [1.807, 2.05) is 0 Å². The highest BCUT2D eigenvalue weighted by Gasteiger charge is 2.44. The number of aliphatic hydroxyl groups is 5. The summed E-state index contributed by atoms with van der Waals surface area (Å²) in [7, 11) is 1.86. The van der Waals surface area contributed by atoms with E-state index in [1.54, 1.807) is 6.92 Å². The molecule has 0 heterocycles. The molecule has 0 fully saturated rings. The highest BCUT2D eigenvalue weighted by Crippen LogP contribution is 2.46. The molecule has 234 valence electrons. The van der Waals surface area contributed by atoms with Gasteiger partial charge in [0.15, 0.2) is 0 Å². The molecular weight excluding hydrogens is 576 g/mol. The molecule has 0 bridgehead atoms. The topological polar surface area (TPSA) is 252 Å². The van der Waals surface area contributed by atoms with Gasteiger partial charge in [-0.25, -0.2) is 19.2 Å². The molecule has 0 aliphatic rings. The van der Waals surface area contributed by atoms with E-state index in [9.17, 15) is 54.9 Å². The number of amides is 2. The summed E-state index contributed by atoms with van der Waals surface area (Å²) in [6, 6.07) is -3.07. The number of rotatable bonds is 19. The van der Waals surface area contributed by atoms with Crippen LogP contribution < -0.4 is 10.6 Å². The van der Waals surface area contributed by atoms with E-state index in [0.29, 0.717) is 6.42 Å². The van der Waals surface area contributed by atoms with Crippen molar-refractivity contribution < 1.29 is 64.4 Å². The summed E-state index contributed by atoms with van der Waals surface area (Å²) in [6.45, 7) is 3.66. The van der Waals surface area contributed by atoms with Crippen LogP contribution in [0, 0.1) is 10.8 Å². The Bertz CT molecular complexity index is 764. The Morgan fingerprint density at radius 1 is 0.650 bits per heavy atom. The highest BCUT2D eigenvalue weighted by atomic mass is 33.1. The summed E-state index contributed by atoms with van der Waals surface area (Å²) in [5.41, 5.74) is -2.61. The Labute approximate surface area is 240 Å². The van der Waals surface area contributed by atoms with Gasteiger partial charge in [-0.2, -0.15) is 0 Å². The van der Waals surface area contributed by atoms with Crippen LogP contribution in [0.1, 0.15) is 41.0 Å². The fourth-order valence-corrected chi connectivity index (χ4v) is 5.69. The van der Waals surface area contributed by atoms with Gasteiger partial charge < -0.3 is 55.9 Å². The lowest BCUT2D eigenvalue weighted by Gasteiger charge is -2.36. The van der Waals surface area contributed by atoms with E-state index < -0.39 is 96.2 Å². The molecule has 0 aromatic rings. The van der Waals surface area contributed by atoms with E-state index in [-0.39, 0.29) is 6.61 Å². The van der Waals surface area contributed by atoms with Crippen LogP contribution in [0.4, 0.5) is 9.59 Å². The van der Waals surface area contributed by atoms with Crippen molar-refractivity contribution in [1.29, 1.82) is 0 Å². The van der Waals surface area contributed by atoms with Gasteiger partial charge in [0.1, 0.15) is 25.3 Å². The summed E-state index contributed by atoms with van der Waals surface area (Å²) in [4.78, 5) is 48.6. The van der Waals surface area contributed by atoms with Crippen LogP contribution in [0.15, 0.2) is 0 Å². The Kier molecular flexibility index (Phi) is 15.6. The minimum absolute atomic E-state index is 0.292. The summed E-state index contributed by atoms with van der Waals surface area (Å²) in [5.74, 6) is -2.84. The molecule has 0 aromatic heterocycles. The maximum Gasteiger partial charge on any atom is 0.407 e. The van der Waals surface area contributed by atoms with Gasteiger partial charge in [0.25, 0.3) is 0 Å². The van der Waals surface area contributed by atoms with E-state index in [1.165, 1.54) is 27.7 Å². The van der Waals surface area contributed by atoms with Crippen molar-refractivity contribution in [3.63, 3.8) is 0 Å². The first kappa shape index (κ1) is 38.0. The molecule has 0 rings (SSSR count). The zero-order valence-corrected chi connectivity index (χ0v) is 24.8. The number of aliphatic carboxylic acids is 2. The Hall–Kier alpha value is -2.02. The molecule has 9 N–H and O–H groups in total. The molecule has 2 unspecified atom stereocenters. The molecule has 17 heteroatoms. The minimum atomic E-state index is -1.56. The maximum absolute atomic E-state index is 12.4. The van der Waals surface area contributed by atoms with Crippen molar-refractivity contribution >= 4 is 45.7 Å². The largest absolute Gasteiger partial charge is 0.480 e. The molecule has 0 spiro atoms. The lowest BCUT2D eigenvalue weighted by atomic mass is 9.88. The quantitative estimate of drug-likeness (QED) is 0.0837. The van der Waals surface area contributed by atoms with Crippen molar-refractivity contribution in [3.05, 3.63) is 0 Å². The van der Waals surface area contributed by atoms with Crippen molar-refractivity contribution in [2.45, 2.75) is 62.6 Å². The number of aliphatic hydroxyl groups excluding tert-OH is 5. The summed E-state index contributed by atoms with van der Waals surface area (Å²) in [6.07, 6.45) is -1.99. The van der Waals surface area contributed by atoms with Gasteiger partial charge in [-0.3, -0.25) is 0 Å². The predicted octanol–water partition coefficient (Wildman–Crippen LogP) is -0.372. The SMILES string of the molecule is CCC(CO)(CO)COC(=O)NC(C(=O)O)C(C)(C)SSC(C)(C)C(NC(=O)OCC(CO)(CO)CO)C(=O)O. The number of carboxylic acids is 2. The molecule has 0 radical (unpaired) electrons. The van der Waals surface area contributed by atoms with E-state index in [2.05, 4.69) is 10.6 Å². The van der Waals surface area contributed by atoms with Crippen molar-refractivity contribution in [2.24, 2.45) is 10.8 Å². The molecule has 0 aliphatic heterocycles. The highest BCUT2D eigenvalue weighted by molar-refractivity contribution is 8.77. The minimum Gasteiger partial charge on any atom is -0.480 e. The average Bonchev–Trinajstić information content (AvgIpc) is 2.91. The molecule has 15 nitrogen and oxygen atoms in total. The molecular formula is C23H42N2O13S2. The lowest BCUT2D eigenvalue weighted by molar-refractivity contribution is -0.141.